The minimum atomic E-state index is -0.220. The number of imidazole rings is 1. The summed E-state index contributed by atoms with van der Waals surface area (Å²) in [6.07, 6.45) is 0. The second kappa shape index (κ2) is 8.51. The zero-order valence-electron chi connectivity index (χ0n) is 17.9. The van der Waals surface area contributed by atoms with Gasteiger partial charge in [0, 0.05) is 12.6 Å². The number of carbonyl (C=O) groups excluding carboxylic acids is 1. The fourth-order valence-corrected chi connectivity index (χ4v) is 3.40. The van der Waals surface area contributed by atoms with Crippen LogP contribution in [-0.4, -0.2) is 27.7 Å². The first-order chi connectivity index (χ1) is 15.0. The molecule has 0 saturated carbocycles. The first-order valence-electron chi connectivity index (χ1n) is 9.89. The molecule has 0 radical (unpaired) electrons. The molecule has 0 spiro atoms. The third-order valence-corrected chi connectivity index (χ3v) is 5.27. The number of hydrogen-bond acceptors (Lipinski definition) is 6. The highest BCUT2D eigenvalue weighted by Crippen LogP contribution is 2.29. The Bertz CT molecular complexity index is 1220. The summed E-state index contributed by atoms with van der Waals surface area (Å²) in [6.45, 7) is 4.32. The summed E-state index contributed by atoms with van der Waals surface area (Å²) in [5, 5.41) is 6.85. The van der Waals surface area contributed by atoms with Crippen molar-refractivity contribution in [1.82, 2.24) is 20.0 Å². The Morgan fingerprint density at radius 3 is 2.68 bits per heavy atom. The summed E-state index contributed by atoms with van der Waals surface area (Å²) in [6, 6.07) is 12.9. The zero-order valence-corrected chi connectivity index (χ0v) is 17.9. The van der Waals surface area contributed by atoms with Crippen LogP contribution in [-0.2, 0) is 20.2 Å². The van der Waals surface area contributed by atoms with Gasteiger partial charge in [0.15, 0.2) is 11.5 Å². The second-order valence-electron chi connectivity index (χ2n) is 7.22. The second-order valence-corrected chi connectivity index (χ2v) is 7.22. The first kappa shape index (κ1) is 20.5. The number of amides is 1. The Labute approximate surface area is 179 Å². The predicted molar refractivity (Wildman–Crippen MR) is 115 cm³/mol. The van der Waals surface area contributed by atoms with Crippen LogP contribution in [0.2, 0.25) is 0 Å². The molecular weight excluding hydrogens is 396 g/mol. The molecule has 0 fully saturated rings. The molecule has 2 aromatic carbocycles. The van der Waals surface area contributed by atoms with Gasteiger partial charge in [0.25, 0.3) is 5.91 Å². The van der Waals surface area contributed by atoms with E-state index in [2.05, 4.69) is 15.5 Å². The molecule has 1 amide bonds. The fourth-order valence-electron chi connectivity index (χ4n) is 3.40. The van der Waals surface area contributed by atoms with E-state index in [1.807, 2.05) is 49.7 Å². The third-order valence-electron chi connectivity index (χ3n) is 5.27. The number of para-hydroxylation sites is 2. The SMILES string of the molecule is COc1cc(C(=O)NCc2nc3ccccc3n2C)ccc1OCc1c(C)noc1C. The molecule has 0 atom stereocenters. The van der Waals surface area contributed by atoms with Crippen LogP contribution in [0.3, 0.4) is 0 Å². The summed E-state index contributed by atoms with van der Waals surface area (Å²) in [5.41, 5.74) is 4.07. The number of hydrogen-bond donors (Lipinski definition) is 1. The highest BCUT2D eigenvalue weighted by Gasteiger charge is 2.15. The molecule has 0 bridgehead atoms. The van der Waals surface area contributed by atoms with E-state index in [1.54, 1.807) is 25.3 Å². The standard InChI is InChI=1S/C23H24N4O4/c1-14-17(15(2)31-26-14)13-30-20-10-9-16(11-21(20)29-4)23(28)24-12-22-25-18-7-5-6-8-19(18)27(22)3/h5-11H,12-13H2,1-4H3,(H,24,28). The number of nitrogens with one attached hydrogen (secondary N) is 1. The van der Waals surface area contributed by atoms with Gasteiger partial charge in [0.2, 0.25) is 0 Å². The van der Waals surface area contributed by atoms with Gasteiger partial charge in [-0.05, 0) is 44.2 Å². The van der Waals surface area contributed by atoms with Crippen LogP contribution in [0.15, 0.2) is 47.0 Å². The van der Waals surface area contributed by atoms with E-state index in [0.29, 0.717) is 30.2 Å². The molecule has 8 heteroatoms. The summed E-state index contributed by atoms with van der Waals surface area (Å²) in [5.74, 6) is 2.29. The van der Waals surface area contributed by atoms with Crippen LogP contribution in [0.4, 0.5) is 0 Å². The van der Waals surface area contributed by atoms with Crippen molar-refractivity contribution in [3.8, 4) is 11.5 Å². The maximum atomic E-state index is 12.7. The van der Waals surface area contributed by atoms with Crippen molar-refractivity contribution in [2.24, 2.45) is 7.05 Å². The smallest absolute Gasteiger partial charge is 0.251 e. The van der Waals surface area contributed by atoms with Gasteiger partial charge < -0.3 is 23.9 Å². The Morgan fingerprint density at radius 2 is 1.97 bits per heavy atom. The number of carbonyl (C=O) groups is 1. The Hall–Kier alpha value is -3.81. The topological polar surface area (TPSA) is 91.4 Å². The highest BCUT2D eigenvalue weighted by molar-refractivity contribution is 5.94. The summed E-state index contributed by atoms with van der Waals surface area (Å²) in [7, 11) is 3.48. The Balaban J connectivity index is 1.45. The largest absolute Gasteiger partial charge is 0.493 e. The Kier molecular flexibility index (Phi) is 5.62. The van der Waals surface area contributed by atoms with E-state index >= 15 is 0 Å². The van der Waals surface area contributed by atoms with Gasteiger partial charge in [-0.15, -0.1) is 0 Å². The van der Waals surface area contributed by atoms with Gasteiger partial charge >= 0.3 is 0 Å². The minimum Gasteiger partial charge on any atom is -0.493 e. The highest BCUT2D eigenvalue weighted by atomic mass is 16.5. The van der Waals surface area contributed by atoms with Crippen molar-refractivity contribution >= 4 is 16.9 Å². The molecule has 2 heterocycles. The number of fused-ring (bicyclic) bond motifs is 1. The van der Waals surface area contributed by atoms with Crippen LogP contribution in [0, 0.1) is 13.8 Å². The van der Waals surface area contributed by atoms with E-state index in [4.69, 9.17) is 14.0 Å². The lowest BCUT2D eigenvalue weighted by molar-refractivity contribution is 0.0949. The average Bonchev–Trinajstić information content (AvgIpc) is 3.28. The monoisotopic (exact) mass is 420 g/mol. The van der Waals surface area contributed by atoms with Gasteiger partial charge in [-0.2, -0.15) is 0 Å². The van der Waals surface area contributed by atoms with Crippen LogP contribution in [0.25, 0.3) is 11.0 Å². The van der Waals surface area contributed by atoms with Gasteiger partial charge in [0.1, 0.15) is 18.2 Å². The number of aryl methyl sites for hydroxylation is 3. The van der Waals surface area contributed by atoms with Gasteiger partial charge in [0.05, 0.1) is 35.9 Å². The van der Waals surface area contributed by atoms with Gasteiger partial charge in [-0.25, -0.2) is 4.98 Å². The predicted octanol–water partition coefficient (Wildman–Crippen LogP) is 3.70. The van der Waals surface area contributed by atoms with Crippen LogP contribution >= 0.6 is 0 Å². The van der Waals surface area contributed by atoms with Gasteiger partial charge in [-0.1, -0.05) is 17.3 Å². The zero-order chi connectivity index (χ0) is 22.0. The molecular formula is C23H24N4O4. The van der Waals surface area contributed by atoms with Crippen molar-refractivity contribution in [2.45, 2.75) is 27.0 Å². The molecule has 2 aromatic heterocycles. The quantitative estimate of drug-likeness (QED) is 0.490. The van der Waals surface area contributed by atoms with Crippen molar-refractivity contribution in [3.05, 3.63) is 70.9 Å². The van der Waals surface area contributed by atoms with E-state index in [0.717, 1.165) is 33.9 Å². The number of aromatic nitrogens is 3. The molecule has 4 aromatic rings. The lowest BCUT2D eigenvalue weighted by atomic mass is 10.2. The van der Waals surface area contributed by atoms with E-state index in [9.17, 15) is 4.79 Å². The van der Waals surface area contributed by atoms with Crippen molar-refractivity contribution < 1.29 is 18.8 Å². The third kappa shape index (κ3) is 4.09. The number of rotatable bonds is 7. The maximum absolute atomic E-state index is 12.7. The molecule has 160 valence electrons. The van der Waals surface area contributed by atoms with Crippen LogP contribution < -0.4 is 14.8 Å². The number of ether oxygens (including phenoxy) is 2. The minimum absolute atomic E-state index is 0.220. The van der Waals surface area contributed by atoms with Crippen molar-refractivity contribution in [2.75, 3.05) is 7.11 Å². The van der Waals surface area contributed by atoms with Crippen LogP contribution in [0.5, 0.6) is 11.5 Å². The van der Waals surface area contributed by atoms with E-state index in [1.165, 1.54) is 0 Å². The normalized spacial score (nSPS) is 11.0. The average molecular weight is 420 g/mol. The molecule has 0 aliphatic carbocycles. The summed E-state index contributed by atoms with van der Waals surface area (Å²) in [4.78, 5) is 17.3. The fraction of sp³-hybridized carbons (Fsp3) is 0.261. The van der Waals surface area contributed by atoms with Crippen molar-refractivity contribution in [3.63, 3.8) is 0 Å². The maximum Gasteiger partial charge on any atom is 0.251 e. The number of methoxy groups -OCH3 is 1. The van der Waals surface area contributed by atoms with E-state index < -0.39 is 0 Å². The molecule has 1 N–H and O–H groups in total. The first-order valence-corrected chi connectivity index (χ1v) is 9.89. The Morgan fingerprint density at radius 1 is 1.16 bits per heavy atom. The lowest BCUT2D eigenvalue weighted by Gasteiger charge is -2.12. The van der Waals surface area contributed by atoms with Gasteiger partial charge in [-0.3, -0.25) is 4.79 Å². The molecule has 0 aliphatic heterocycles. The molecule has 0 saturated heterocycles. The van der Waals surface area contributed by atoms with Crippen LogP contribution in [0.1, 0.15) is 33.2 Å². The lowest BCUT2D eigenvalue weighted by Crippen LogP contribution is -2.24. The van der Waals surface area contributed by atoms with E-state index in [-0.39, 0.29) is 5.91 Å². The summed E-state index contributed by atoms with van der Waals surface area (Å²) < 4.78 is 18.4. The molecule has 4 rings (SSSR count). The molecule has 0 aliphatic rings. The number of benzene rings is 2. The number of nitrogens with zero attached hydrogens (tertiary/aromatic N) is 3. The summed E-state index contributed by atoms with van der Waals surface area (Å²) >= 11 is 0. The molecule has 31 heavy (non-hydrogen) atoms. The molecule has 0 unspecified atom stereocenters. The van der Waals surface area contributed by atoms with Crippen molar-refractivity contribution in [1.29, 1.82) is 0 Å². The molecule has 8 nitrogen and oxygen atoms in total.